The van der Waals surface area contributed by atoms with Gasteiger partial charge in [0.1, 0.15) is 0 Å². The average Bonchev–Trinajstić information content (AvgIpc) is 2.82. The molecular weight excluding hydrogens is 200 g/mol. The molecule has 3 N–H and O–H groups in total. The molecule has 1 unspecified atom stereocenters. The monoisotopic (exact) mass is 220 g/mol. The van der Waals surface area contributed by atoms with Crippen molar-refractivity contribution in [2.75, 3.05) is 19.7 Å². The minimum Gasteiger partial charge on any atom is -0.395 e. The van der Waals surface area contributed by atoms with Crippen LogP contribution in [0.2, 0.25) is 0 Å². The highest BCUT2D eigenvalue weighted by Gasteiger charge is 2.18. The quantitative estimate of drug-likeness (QED) is 0.678. The fourth-order valence-electron chi connectivity index (χ4n) is 2.21. The highest BCUT2D eigenvalue weighted by molar-refractivity contribution is 5.16. The highest BCUT2D eigenvalue weighted by atomic mass is 16.3. The van der Waals surface area contributed by atoms with Gasteiger partial charge in [-0.05, 0) is 24.9 Å². The van der Waals surface area contributed by atoms with Crippen molar-refractivity contribution >= 4 is 0 Å². The summed E-state index contributed by atoms with van der Waals surface area (Å²) >= 11 is 0. The Balaban J connectivity index is 1.85. The van der Waals surface area contributed by atoms with E-state index in [1.807, 2.05) is 18.2 Å². The second-order valence-electron chi connectivity index (χ2n) is 4.43. The Kier molecular flexibility index (Phi) is 4.34. The van der Waals surface area contributed by atoms with E-state index in [-0.39, 0.29) is 12.6 Å². The van der Waals surface area contributed by atoms with Crippen molar-refractivity contribution < 1.29 is 5.11 Å². The van der Waals surface area contributed by atoms with E-state index in [0.29, 0.717) is 6.04 Å². The van der Waals surface area contributed by atoms with E-state index in [4.69, 9.17) is 0 Å². The van der Waals surface area contributed by atoms with Gasteiger partial charge in [0.05, 0.1) is 6.61 Å². The van der Waals surface area contributed by atoms with Crippen LogP contribution >= 0.6 is 0 Å². The number of nitrogens with one attached hydrogen (secondary N) is 2. The largest absolute Gasteiger partial charge is 0.395 e. The lowest BCUT2D eigenvalue weighted by atomic mass is 10.1. The number of aliphatic hydroxyl groups is 1. The van der Waals surface area contributed by atoms with Crippen LogP contribution in [0.1, 0.15) is 12.0 Å². The van der Waals surface area contributed by atoms with Crippen LogP contribution in [0.25, 0.3) is 0 Å². The summed E-state index contributed by atoms with van der Waals surface area (Å²) in [6, 6.07) is 11.0. The zero-order chi connectivity index (χ0) is 11.2. The van der Waals surface area contributed by atoms with E-state index in [1.54, 1.807) is 0 Å². The summed E-state index contributed by atoms with van der Waals surface area (Å²) in [7, 11) is 0. The first-order chi connectivity index (χ1) is 7.88. The van der Waals surface area contributed by atoms with Gasteiger partial charge < -0.3 is 15.7 Å². The van der Waals surface area contributed by atoms with Crippen LogP contribution in [0.3, 0.4) is 0 Å². The Morgan fingerprint density at radius 2 is 2.19 bits per heavy atom. The van der Waals surface area contributed by atoms with Gasteiger partial charge in [-0.1, -0.05) is 30.3 Å². The molecule has 1 heterocycles. The van der Waals surface area contributed by atoms with Gasteiger partial charge in [0.2, 0.25) is 0 Å². The highest BCUT2D eigenvalue weighted by Crippen LogP contribution is 2.05. The van der Waals surface area contributed by atoms with E-state index >= 15 is 0 Å². The Hall–Kier alpha value is -0.900. The topological polar surface area (TPSA) is 44.3 Å². The van der Waals surface area contributed by atoms with Crippen molar-refractivity contribution in [2.24, 2.45) is 0 Å². The molecule has 2 rings (SSSR count). The molecule has 2 atom stereocenters. The number of rotatable bonds is 5. The van der Waals surface area contributed by atoms with Crippen LogP contribution in [0.4, 0.5) is 0 Å². The molecule has 0 aliphatic carbocycles. The predicted molar refractivity (Wildman–Crippen MR) is 65.4 cm³/mol. The Labute approximate surface area is 96.9 Å². The number of aliphatic hydroxyl groups excluding tert-OH is 1. The third-order valence-corrected chi connectivity index (χ3v) is 3.08. The molecule has 1 aromatic rings. The minimum atomic E-state index is 0.173. The molecule has 16 heavy (non-hydrogen) atoms. The molecule has 0 amide bonds. The smallest absolute Gasteiger partial charge is 0.0587 e. The van der Waals surface area contributed by atoms with Crippen LogP contribution in [-0.2, 0) is 6.42 Å². The van der Waals surface area contributed by atoms with Gasteiger partial charge in [0.15, 0.2) is 0 Å². The number of benzene rings is 1. The molecule has 0 saturated carbocycles. The molecule has 3 heteroatoms. The van der Waals surface area contributed by atoms with E-state index < -0.39 is 0 Å². The van der Waals surface area contributed by atoms with Crippen LogP contribution in [0.15, 0.2) is 30.3 Å². The third-order valence-electron chi connectivity index (χ3n) is 3.08. The Morgan fingerprint density at radius 3 is 2.81 bits per heavy atom. The maximum atomic E-state index is 9.36. The summed E-state index contributed by atoms with van der Waals surface area (Å²) in [5.41, 5.74) is 1.28. The van der Waals surface area contributed by atoms with Gasteiger partial charge in [-0.3, -0.25) is 0 Å². The first-order valence-corrected chi connectivity index (χ1v) is 6.00. The predicted octanol–water partition coefficient (Wildman–Crippen LogP) is 0.541. The van der Waals surface area contributed by atoms with Crippen LogP contribution < -0.4 is 10.6 Å². The summed E-state index contributed by atoms with van der Waals surface area (Å²) in [5, 5.41) is 16.2. The normalized spacial score (nSPS) is 22.2. The Bertz CT molecular complexity index is 296. The first kappa shape index (κ1) is 11.6. The van der Waals surface area contributed by atoms with E-state index in [0.717, 1.165) is 25.9 Å². The molecule has 1 aromatic carbocycles. The van der Waals surface area contributed by atoms with Crippen molar-refractivity contribution in [3.63, 3.8) is 0 Å². The van der Waals surface area contributed by atoms with Gasteiger partial charge >= 0.3 is 0 Å². The number of hydrogen-bond donors (Lipinski definition) is 3. The molecule has 88 valence electrons. The maximum absolute atomic E-state index is 9.36. The molecule has 0 radical (unpaired) electrons. The zero-order valence-electron chi connectivity index (χ0n) is 9.52. The molecule has 0 spiro atoms. The van der Waals surface area contributed by atoms with Crippen molar-refractivity contribution in [3.8, 4) is 0 Å². The molecule has 0 aromatic heterocycles. The summed E-state index contributed by atoms with van der Waals surface area (Å²) in [6.45, 7) is 2.30. The molecule has 1 saturated heterocycles. The van der Waals surface area contributed by atoms with Gasteiger partial charge in [-0.2, -0.15) is 0 Å². The minimum absolute atomic E-state index is 0.173. The van der Waals surface area contributed by atoms with E-state index in [2.05, 4.69) is 22.8 Å². The standard InChI is InChI=1S/C13H20N2O/c16-10-13(15-12-6-7-14-9-12)8-11-4-2-1-3-5-11/h1-5,12-16H,6-10H2/t12?,13-/m1/s1. The van der Waals surface area contributed by atoms with Crippen LogP contribution in [-0.4, -0.2) is 36.9 Å². The summed E-state index contributed by atoms with van der Waals surface area (Å²) in [6.07, 6.45) is 2.05. The first-order valence-electron chi connectivity index (χ1n) is 6.00. The lowest BCUT2D eigenvalue weighted by Gasteiger charge is -2.20. The average molecular weight is 220 g/mol. The van der Waals surface area contributed by atoms with Gasteiger partial charge in [0.25, 0.3) is 0 Å². The van der Waals surface area contributed by atoms with Crippen molar-refractivity contribution in [1.82, 2.24) is 10.6 Å². The van der Waals surface area contributed by atoms with E-state index in [1.165, 1.54) is 5.56 Å². The molecule has 1 aliphatic rings. The third kappa shape index (κ3) is 3.30. The second kappa shape index (κ2) is 5.99. The van der Waals surface area contributed by atoms with Crippen molar-refractivity contribution in [1.29, 1.82) is 0 Å². The zero-order valence-corrected chi connectivity index (χ0v) is 9.52. The molecular formula is C13H20N2O. The fraction of sp³-hybridized carbons (Fsp3) is 0.538. The second-order valence-corrected chi connectivity index (χ2v) is 4.43. The molecule has 0 bridgehead atoms. The van der Waals surface area contributed by atoms with Gasteiger partial charge in [0, 0.05) is 18.6 Å². The molecule has 3 nitrogen and oxygen atoms in total. The molecule has 1 fully saturated rings. The maximum Gasteiger partial charge on any atom is 0.0587 e. The lowest BCUT2D eigenvalue weighted by molar-refractivity contribution is 0.232. The Morgan fingerprint density at radius 1 is 1.38 bits per heavy atom. The fourth-order valence-corrected chi connectivity index (χ4v) is 2.21. The number of hydrogen-bond acceptors (Lipinski definition) is 3. The van der Waals surface area contributed by atoms with Crippen molar-refractivity contribution in [3.05, 3.63) is 35.9 Å². The lowest BCUT2D eigenvalue weighted by Crippen LogP contribution is -2.42. The van der Waals surface area contributed by atoms with E-state index in [9.17, 15) is 5.11 Å². The SMILES string of the molecule is OC[C@@H](Cc1ccccc1)NC1CCNC1. The van der Waals surface area contributed by atoms with Crippen molar-refractivity contribution in [2.45, 2.75) is 24.9 Å². The summed E-state index contributed by atoms with van der Waals surface area (Å²) < 4.78 is 0. The van der Waals surface area contributed by atoms with Crippen LogP contribution in [0.5, 0.6) is 0 Å². The van der Waals surface area contributed by atoms with Gasteiger partial charge in [-0.15, -0.1) is 0 Å². The molecule has 1 aliphatic heterocycles. The van der Waals surface area contributed by atoms with Crippen LogP contribution in [0, 0.1) is 0 Å². The summed E-state index contributed by atoms with van der Waals surface area (Å²) in [4.78, 5) is 0. The van der Waals surface area contributed by atoms with Gasteiger partial charge in [-0.25, -0.2) is 0 Å². The summed E-state index contributed by atoms with van der Waals surface area (Å²) in [5.74, 6) is 0.